The molecule has 0 atom stereocenters. The zero-order chi connectivity index (χ0) is 11.6. The molecule has 0 radical (unpaired) electrons. The van der Waals surface area contributed by atoms with Crippen molar-refractivity contribution in [1.29, 1.82) is 0 Å². The van der Waals surface area contributed by atoms with Gasteiger partial charge in [-0.3, -0.25) is 0 Å². The van der Waals surface area contributed by atoms with E-state index in [9.17, 15) is 0 Å². The van der Waals surface area contributed by atoms with Crippen LogP contribution in [-0.2, 0) is 6.42 Å². The van der Waals surface area contributed by atoms with Crippen molar-refractivity contribution in [3.63, 3.8) is 0 Å². The number of benzene rings is 1. The topological polar surface area (TPSA) is 26.0 Å². The number of aryl methyl sites for hydroxylation is 2. The Balaban J connectivity index is 2.19. The Hall–Kier alpha value is -0.820. The minimum atomic E-state index is 0.0646. The lowest BCUT2D eigenvalue weighted by Crippen LogP contribution is -2.44. The molecule has 0 bridgehead atoms. The highest BCUT2D eigenvalue weighted by Crippen LogP contribution is 2.30. The molecule has 0 heterocycles. The molecular formula is C15H23N. The van der Waals surface area contributed by atoms with Gasteiger partial charge in [0.2, 0.25) is 0 Å². The molecule has 1 aromatic carbocycles. The summed E-state index contributed by atoms with van der Waals surface area (Å²) < 4.78 is 0. The van der Waals surface area contributed by atoms with Crippen molar-refractivity contribution in [3.8, 4) is 0 Å². The minimum Gasteiger partial charge on any atom is -0.325 e. The molecule has 1 heteroatoms. The normalized spacial score (nSPS) is 19.7. The van der Waals surface area contributed by atoms with Crippen molar-refractivity contribution in [2.24, 2.45) is 5.73 Å². The fraction of sp³-hybridized carbons (Fsp3) is 0.600. The van der Waals surface area contributed by atoms with E-state index in [-0.39, 0.29) is 5.54 Å². The molecule has 1 fully saturated rings. The molecule has 0 amide bonds. The molecule has 0 unspecified atom stereocenters. The summed E-state index contributed by atoms with van der Waals surface area (Å²) in [5.74, 6) is 0. The summed E-state index contributed by atoms with van der Waals surface area (Å²) in [5, 5.41) is 0. The maximum atomic E-state index is 6.53. The molecule has 2 rings (SSSR count). The second kappa shape index (κ2) is 4.58. The smallest absolute Gasteiger partial charge is 0.0195 e. The van der Waals surface area contributed by atoms with Crippen LogP contribution in [-0.4, -0.2) is 5.54 Å². The van der Waals surface area contributed by atoms with Gasteiger partial charge in [-0.1, -0.05) is 37.5 Å². The highest BCUT2D eigenvalue weighted by atomic mass is 14.7. The number of hydrogen-bond acceptors (Lipinski definition) is 1. The molecule has 88 valence electrons. The van der Waals surface area contributed by atoms with Crippen LogP contribution in [0.25, 0.3) is 0 Å². The van der Waals surface area contributed by atoms with Gasteiger partial charge in [0.1, 0.15) is 0 Å². The lowest BCUT2D eigenvalue weighted by atomic mass is 9.77. The molecule has 1 aliphatic carbocycles. The molecule has 16 heavy (non-hydrogen) atoms. The monoisotopic (exact) mass is 217 g/mol. The maximum Gasteiger partial charge on any atom is 0.0195 e. The van der Waals surface area contributed by atoms with Crippen molar-refractivity contribution in [2.75, 3.05) is 0 Å². The summed E-state index contributed by atoms with van der Waals surface area (Å²) >= 11 is 0. The van der Waals surface area contributed by atoms with Crippen LogP contribution in [0.5, 0.6) is 0 Å². The standard InChI is InChI=1S/C15H23N/c1-12-7-6-8-13(2)14(12)11-15(16)9-4-3-5-10-15/h6-8H,3-5,9-11,16H2,1-2H3. The summed E-state index contributed by atoms with van der Waals surface area (Å²) in [4.78, 5) is 0. The second-order valence-electron chi connectivity index (χ2n) is 5.47. The maximum absolute atomic E-state index is 6.53. The van der Waals surface area contributed by atoms with Crippen molar-refractivity contribution in [2.45, 2.75) is 57.9 Å². The van der Waals surface area contributed by atoms with Gasteiger partial charge < -0.3 is 5.73 Å². The lowest BCUT2D eigenvalue weighted by molar-refractivity contribution is 0.293. The average molecular weight is 217 g/mol. The number of hydrogen-bond donors (Lipinski definition) is 1. The SMILES string of the molecule is Cc1cccc(C)c1CC1(N)CCCCC1. The van der Waals surface area contributed by atoms with Crippen molar-refractivity contribution < 1.29 is 0 Å². The van der Waals surface area contributed by atoms with Gasteiger partial charge in [-0.2, -0.15) is 0 Å². The van der Waals surface area contributed by atoms with Crippen LogP contribution in [0.2, 0.25) is 0 Å². The Kier molecular flexibility index (Phi) is 3.34. The number of rotatable bonds is 2. The van der Waals surface area contributed by atoms with Gasteiger partial charge in [0.25, 0.3) is 0 Å². The fourth-order valence-electron chi connectivity index (χ4n) is 2.91. The van der Waals surface area contributed by atoms with E-state index in [1.165, 1.54) is 48.8 Å². The third kappa shape index (κ3) is 2.46. The minimum absolute atomic E-state index is 0.0646. The third-order valence-electron chi connectivity index (χ3n) is 4.02. The fourth-order valence-corrected chi connectivity index (χ4v) is 2.91. The van der Waals surface area contributed by atoms with Crippen LogP contribution in [0.4, 0.5) is 0 Å². The second-order valence-corrected chi connectivity index (χ2v) is 5.47. The van der Waals surface area contributed by atoms with E-state index in [1.54, 1.807) is 0 Å². The summed E-state index contributed by atoms with van der Waals surface area (Å²) in [6.07, 6.45) is 7.43. The van der Waals surface area contributed by atoms with E-state index in [4.69, 9.17) is 5.73 Å². The van der Waals surface area contributed by atoms with E-state index < -0.39 is 0 Å². The Bertz CT molecular complexity index is 341. The molecule has 1 aromatic rings. The van der Waals surface area contributed by atoms with Crippen LogP contribution in [0.3, 0.4) is 0 Å². The molecular weight excluding hydrogens is 194 g/mol. The molecule has 1 aliphatic rings. The highest BCUT2D eigenvalue weighted by Gasteiger charge is 2.28. The predicted molar refractivity (Wildman–Crippen MR) is 69.6 cm³/mol. The van der Waals surface area contributed by atoms with E-state index in [2.05, 4.69) is 32.0 Å². The Morgan fingerprint density at radius 2 is 1.62 bits per heavy atom. The molecule has 0 aromatic heterocycles. The van der Waals surface area contributed by atoms with Crippen LogP contribution >= 0.6 is 0 Å². The molecule has 0 aliphatic heterocycles. The first kappa shape index (κ1) is 11.7. The van der Waals surface area contributed by atoms with Crippen LogP contribution in [0.1, 0.15) is 48.8 Å². The van der Waals surface area contributed by atoms with Gasteiger partial charge in [0.05, 0.1) is 0 Å². The third-order valence-corrected chi connectivity index (χ3v) is 4.02. The molecule has 2 N–H and O–H groups in total. The van der Waals surface area contributed by atoms with Gasteiger partial charge in [-0.05, 0) is 49.8 Å². The van der Waals surface area contributed by atoms with E-state index in [1.807, 2.05) is 0 Å². The van der Waals surface area contributed by atoms with E-state index >= 15 is 0 Å². The quantitative estimate of drug-likeness (QED) is 0.806. The summed E-state index contributed by atoms with van der Waals surface area (Å²) in [6, 6.07) is 6.54. The first-order valence-electron chi connectivity index (χ1n) is 6.45. The van der Waals surface area contributed by atoms with Crippen molar-refractivity contribution in [3.05, 3.63) is 34.9 Å². The first-order chi connectivity index (χ1) is 7.61. The largest absolute Gasteiger partial charge is 0.325 e. The Morgan fingerprint density at radius 1 is 1.06 bits per heavy atom. The predicted octanol–water partition coefficient (Wildman–Crippen LogP) is 3.51. The van der Waals surface area contributed by atoms with E-state index in [0.717, 1.165) is 6.42 Å². The van der Waals surface area contributed by atoms with Crippen molar-refractivity contribution >= 4 is 0 Å². The van der Waals surface area contributed by atoms with E-state index in [0.29, 0.717) is 0 Å². The zero-order valence-corrected chi connectivity index (χ0v) is 10.6. The molecule has 1 saturated carbocycles. The van der Waals surface area contributed by atoms with Crippen LogP contribution < -0.4 is 5.73 Å². The highest BCUT2D eigenvalue weighted by molar-refractivity contribution is 5.35. The Morgan fingerprint density at radius 3 is 2.19 bits per heavy atom. The lowest BCUT2D eigenvalue weighted by Gasteiger charge is -2.34. The van der Waals surface area contributed by atoms with Crippen molar-refractivity contribution in [1.82, 2.24) is 0 Å². The average Bonchev–Trinajstić information content (AvgIpc) is 2.25. The first-order valence-corrected chi connectivity index (χ1v) is 6.45. The Labute approximate surface area is 99.0 Å². The van der Waals surface area contributed by atoms with Gasteiger partial charge in [-0.25, -0.2) is 0 Å². The van der Waals surface area contributed by atoms with Gasteiger partial charge in [0, 0.05) is 5.54 Å². The number of nitrogens with two attached hydrogens (primary N) is 1. The summed E-state index contributed by atoms with van der Waals surface area (Å²) in [6.45, 7) is 4.41. The zero-order valence-electron chi connectivity index (χ0n) is 10.6. The van der Waals surface area contributed by atoms with Gasteiger partial charge in [-0.15, -0.1) is 0 Å². The van der Waals surface area contributed by atoms with Crippen LogP contribution in [0.15, 0.2) is 18.2 Å². The molecule has 0 saturated heterocycles. The molecule has 0 spiro atoms. The summed E-state index contributed by atoms with van der Waals surface area (Å²) in [5.41, 5.74) is 10.9. The van der Waals surface area contributed by atoms with Gasteiger partial charge >= 0.3 is 0 Å². The molecule has 1 nitrogen and oxygen atoms in total. The van der Waals surface area contributed by atoms with Gasteiger partial charge in [0.15, 0.2) is 0 Å². The summed E-state index contributed by atoms with van der Waals surface area (Å²) in [7, 11) is 0. The van der Waals surface area contributed by atoms with Crippen LogP contribution in [0, 0.1) is 13.8 Å².